The molecule has 0 aliphatic carbocycles. The smallest absolute Gasteiger partial charge is 0.239 e. The normalized spacial score (nSPS) is 19.3. The van der Waals surface area contributed by atoms with E-state index < -0.39 is 12.1 Å². The summed E-state index contributed by atoms with van der Waals surface area (Å²) in [4.78, 5) is 13.9. The van der Waals surface area contributed by atoms with Crippen LogP contribution in [-0.2, 0) is 14.3 Å². The van der Waals surface area contributed by atoms with Crippen LogP contribution in [0.4, 0.5) is 0 Å². The molecule has 1 aromatic rings. The Hall–Kier alpha value is -1.47. The topological polar surface area (TPSA) is 85.0 Å². The predicted octanol–water partition coefficient (Wildman–Crippen LogP) is 1.05. The number of nitrogens with zero attached hydrogens (tertiary/aromatic N) is 1. The number of likely N-dealkylation sites (N-methyl/N-ethyl adjacent to an activating group) is 1. The van der Waals surface area contributed by atoms with Crippen LogP contribution in [0.5, 0.6) is 0 Å². The van der Waals surface area contributed by atoms with Crippen molar-refractivity contribution in [3.05, 3.63) is 35.9 Å². The lowest BCUT2D eigenvalue weighted by Gasteiger charge is -2.31. The molecule has 1 aliphatic heterocycles. The van der Waals surface area contributed by atoms with Gasteiger partial charge in [0.25, 0.3) is 0 Å². The summed E-state index contributed by atoms with van der Waals surface area (Å²) < 4.78 is 10.7. The lowest BCUT2D eigenvalue weighted by molar-refractivity contribution is -0.136. The molecule has 0 unspecified atom stereocenters. The standard InChI is InChI=1S/C17H26N2O4/c1-12(16(20)13-6-4-3-5-7-13)19(2)17(21)14(18)8-9-15-22-10-11-23-15/h3-7,12,14-16,20H,8-11,18H2,1-2H3/t12-,14+,16+/m0/s1. The molecule has 0 aromatic heterocycles. The third kappa shape index (κ3) is 4.75. The zero-order valence-electron chi connectivity index (χ0n) is 13.7. The van der Waals surface area contributed by atoms with Gasteiger partial charge in [0.1, 0.15) is 0 Å². The van der Waals surface area contributed by atoms with E-state index in [2.05, 4.69) is 0 Å². The zero-order valence-corrected chi connectivity index (χ0v) is 13.7. The molecule has 6 nitrogen and oxygen atoms in total. The molecule has 23 heavy (non-hydrogen) atoms. The minimum Gasteiger partial charge on any atom is -0.386 e. The molecular formula is C17H26N2O4. The highest BCUT2D eigenvalue weighted by molar-refractivity contribution is 5.81. The fourth-order valence-electron chi connectivity index (χ4n) is 2.62. The largest absolute Gasteiger partial charge is 0.386 e. The number of ether oxygens (including phenoxy) is 2. The molecule has 0 spiro atoms. The molecule has 1 amide bonds. The van der Waals surface area contributed by atoms with Gasteiger partial charge in [-0.05, 0) is 18.9 Å². The van der Waals surface area contributed by atoms with Gasteiger partial charge in [-0.25, -0.2) is 0 Å². The number of benzene rings is 1. The number of aliphatic hydroxyl groups excluding tert-OH is 1. The number of aliphatic hydroxyl groups is 1. The molecular weight excluding hydrogens is 296 g/mol. The summed E-state index contributed by atoms with van der Waals surface area (Å²) >= 11 is 0. The van der Waals surface area contributed by atoms with Gasteiger partial charge in [-0.1, -0.05) is 30.3 Å². The van der Waals surface area contributed by atoms with Crippen molar-refractivity contribution in [2.24, 2.45) is 5.73 Å². The molecule has 128 valence electrons. The van der Waals surface area contributed by atoms with Crippen LogP contribution in [0, 0.1) is 0 Å². The average molecular weight is 322 g/mol. The fraction of sp³-hybridized carbons (Fsp3) is 0.588. The maximum absolute atomic E-state index is 12.4. The summed E-state index contributed by atoms with van der Waals surface area (Å²) in [6.07, 6.45) is 0.0728. The molecule has 1 aliphatic rings. The van der Waals surface area contributed by atoms with Crippen LogP contribution in [0.2, 0.25) is 0 Å². The summed E-state index contributed by atoms with van der Waals surface area (Å²) in [5, 5.41) is 10.4. The van der Waals surface area contributed by atoms with Crippen molar-refractivity contribution in [3.8, 4) is 0 Å². The number of carbonyl (C=O) groups is 1. The van der Waals surface area contributed by atoms with E-state index in [9.17, 15) is 9.90 Å². The minimum atomic E-state index is -0.751. The van der Waals surface area contributed by atoms with Crippen LogP contribution in [0.25, 0.3) is 0 Å². The summed E-state index contributed by atoms with van der Waals surface area (Å²) in [5.74, 6) is -0.189. The van der Waals surface area contributed by atoms with E-state index in [0.29, 0.717) is 26.1 Å². The van der Waals surface area contributed by atoms with Gasteiger partial charge in [-0.3, -0.25) is 4.79 Å². The zero-order chi connectivity index (χ0) is 16.8. The monoisotopic (exact) mass is 322 g/mol. The summed E-state index contributed by atoms with van der Waals surface area (Å²) in [5.41, 5.74) is 6.77. The van der Waals surface area contributed by atoms with Gasteiger partial charge in [0.05, 0.1) is 31.4 Å². The summed E-state index contributed by atoms with van der Waals surface area (Å²) in [6, 6.07) is 8.30. The number of carbonyl (C=O) groups excluding carboxylic acids is 1. The summed E-state index contributed by atoms with van der Waals surface area (Å²) in [7, 11) is 1.67. The van der Waals surface area contributed by atoms with Crippen LogP contribution < -0.4 is 5.73 Å². The molecule has 2 rings (SSSR count). The molecule has 6 heteroatoms. The number of rotatable bonds is 7. The van der Waals surface area contributed by atoms with Gasteiger partial charge in [0.15, 0.2) is 6.29 Å². The van der Waals surface area contributed by atoms with Crippen LogP contribution in [0.3, 0.4) is 0 Å². The fourth-order valence-corrected chi connectivity index (χ4v) is 2.62. The average Bonchev–Trinajstić information content (AvgIpc) is 3.11. The second-order valence-electron chi connectivity index (χ2n) is 5.90. The van der Waals surface area contributed by atoms with Gasteiger partial charge in [0, 0.05) is 13.5 Å². The Bertz CT molecular complexity index is 491. The quantitative estimate of drug-likeness (QED) is 0.784. The lowest BCUT2D eigenvalue weighted by atomic mass is 10.0. The van der Waals surface area contributed by atoms with Gasteiger partial charge in [0.2, 0.25) is 5.91 Å². The summed E-state index contributed by atoms with van der Waals surface area (Å²) in [6.45, 7) is 2.99. The van der Waals surface area contributed by atoms with Crippen molar-refractivity contribution in [1.29, 1.82) is 0 Å². The highest BCUT2D eigenvalue weighted by Crippen LogP contribution is 2.21. The van der Waals surface area contributed by atoms with Gasteiger partial charge < -0.3 is 25.2 Å². The van der Waals surface area contributed by atoms with Crippen molar-refractivity contribution < 1.29 is 19.4 Å². The maximum Gasteiger partial charge on any atom is 0.239 e. The maximum atomic E-state index is 12.4. The lowest BCUT2D eigenvalue weighted by Crippen LogP contribution is -2.47. The first-order valence-corrected chi connectivity index (χ1v) is 7.99. The Morgan fingerprint density at radius 2 is 1.96 bits per heavy atom. The van der Waals surface area contributed by atoms with Crippen LogP contribution in [0.1, 0.15) is 31.4 Å². The van der Waals surface area contributed by atoms with E-state index in [-0.39, 0.29) is 18.2 Å². The SMILES string of the molecule is C[C@@H]([C@@H](O)c1ccccc1)N(C)C(=O)[C@H](N)CCC1OCCO1. The molecule has 3 atom stereocenters. The first kappa shape index (κ1) is 17.9. The minimum absolute atomic E-state index is 0.189. The number of amides is 1. The third-order valence-electron chi connectivity index (χ3n) is 4.28. The van der Waals surface area contributed by atoms with Crippen LogP contribution >= 0.6 is 0 Å². The van der Waals surface area contributed by atoms with Gasteiger partial charge in [-0.2, -0.15) is 0 Å². The highest BCUT2D eigenvalue weighted by Gasteiger charge is 2.28. The molecule has 1 heterocycles. The van der Waals surface area contributed by atoms with E-state index in [4.69, 9.17) is 15.2 Å². The van der Waals surface area contributed by atoms with E-state index >= 15 is 0 Å². The molecule has 0 radical (unpaired) electrons. The molecule has 1 aromatic carbocycles. The van der Waals surface area contributed by atoms with E-state index in [0.717, 1.165) is 5.56 Å². The predicted molar refractivity (Wildman–Crippen MR) is 86.5 cm³/mol. The second kappa shape index (κ2) is 8.40. The number of hydrogen-bond acceptors (Lipinski definition) is 5. The Morgan fingerprint density at radius 1 is 1.35 bits per heavy atom. The van der Waals surface area contributed by atoms with Gasteiger partial charge >= 0.3 is 0 Å². The van der Waals surface area contributed by atoms with Crippen molar-refractivity contribution in [1.82, 2.24) is 4.90 Å². The first-order chi connectivity index (χ1) is 11.0. The molecule has 3 N–H and O–H groups in total. The first-order valence-electron chi connectivity index (χ1n) is 7.99. The Morgan fingerprint density at radius 3 is 2.57 bits per heavy atom. The van der Waals surface area contributed by atoms with Crippen LogP contribution in [0.15, 0.2) is 30.3 Å². The van der Waals surface area contributed by atoms with Crippen molar-refractivity contribution >= 4 is 5.91 Å². The Balaban J connectivity index is 1.87. The van der Waals surface area contributed by atoms with Crippen molar-refractivity contribution in [2.75, 3.05) is 20.3 Å². The number of nitrogens with two attached hydrogens (primary N) is 1. The third-order valence-corrected chi connectivity index (χ3v) is 4.28. The van der Waals surface area contributed by atoms with Crippen molar-refractivity contribution in [3.63, 3.8) is 0 Å². The van der Waals surface area contributed by atoms with Crippen LogP contribution in [-0.4, -0.2) is 54.5 Å². The number of hydrogen-bond donors (Lipinski definition) is 2. The molecule has 0 saturated carbocycles. The van der Waals surface area contributed by atoms with E-state index in [1.165, 1.54) is 4.90 Å². The Kier molecular flexibility index (Phi) is 6.53. The molecule has 1 fully saturated rings. The van der Waals surface area contributed by atoms with E-state index in [1.54, 1.807) is 7.05 Å². The second-order valence-corrected chi connectivity index (χ2v) is 5.90. The van der Waals surface area contributed by atoms with Crippen molar-refractivity contribution in [2.45, 2.75) is 44.2 Å². The molecule has 0 bridgehead atoms. The van der Waals surface area contributed by atoms with Gasteiger partial charge in [-0.15, -0.1) is 0 Å². The molecule has 1 saturated heterocycles. The highest BCUT2D eigenvalue weighted by atomic mass is 16.7. The Labute approximate surface area is 137 Å². The van der Waals surface area contributed by atoms with E-state index in [1.807, 2.05) is 37.3 Å².